The number of aromatic amines is 1. The van der Waals surface area contributed by atoms with Gasteiger partial charge in [-0.05, 0) is 44.9 Å². The van der Waals surface area contributed by atoms with E-state index in [1.54, 1.807) is 0 Å². The molecular weight excluding hydrogens is 393 g/mol. The van der Waals surface area contributed by atoms with E-state index in [2.05, 4.69) is 10.2 Å². The average Bonchev–Trinajstić information content (AvgIpc) is 3.35. The van der Waals surface area contributed by atoms with Crippen molar-refractivity contribution in [2.24, 2.45) is 17.8 Å². The molecule has 1 aromatic heterocycles. The Labute approximate surface area is 174 Å². The molecule has 0 spiro atoms. The number of nitrogens with one attached hydrogen (secondary N) is 1. The molecule has 0 radical (unpaired) electrons. The monoisotopic (exact) mass is 420 g/mol. The molecule has 30 heavy (non-hydrogen) atoms. The Bertz CT molecular complexity index is 917. The number of amides is 1. The largest absolute Gasteiger partial charge is 0.400 e. The lowest BCUT2D eigenvalue weighted by Crippen LogP contribution is -2.49. The van der Waals surface area contributed by atoms with Crippen molar-refractivity contribution < 1.29 is 18.0 Å². The third-order valence-corrected chi connectivity index (χ3v) is 6.84. The maximum Gasteiger partial charge on any atom is 0.400 e. The maximum absolute atomic E-state index is 12.9. The lowest BCUT2D eigenvalue weighted by Gasteiger charge is -2.41. The number of aryl methyl sites for hydroxylation is 1. The van der Waals surface area contributed by atoms with E-state index in [9.17, 15) is 18.0 Å². The van der Waals surface area contributed by atoms with E-state index in [0.29, 0.717) is 25.3 Å². The SMILES string of the molecule is Cc1ccc(-c2n[nH]c(C3(C4CCN(C(=O)[C@H](C)C(F)(F)F)CC4C)CC3)n2)cc1. The van der Waals surface area contributed by atoms with Gasteiger partial charge in [-0.2, -0.15) is 18.3 Å². The molecule has 2 unspecified atom stereocenters. The highest BCUT2D eigenvalue weighted by atomic mass is 19.4. The first-order chi connectivity index (χ1) is 14.1. The van der Waals surface area contributed by atoms with Crippen molar-refractivity contribution in [2.75, 3.05) is 13.1 Å². The van der Waals surface area contributed by atoms with Crippen molar-refractivity contribution in [1.29, 1.82) is 0 Å². The quantitative estimate of drug-likeness (QED) is 0.793. The van der Waals surface area contributed by atoms with Crippen LogP contribution in [0.5, 0.6) is 0 Å². The molecule has 1 saturated heterocycles. The minimum Gasteiger partial charge on any atom is -0.342 e. The summed E-state index contributed by atoms with van der Waals surface area (Å²) in [6.45, 7) is 5.71. The highest BCUT2D eigenvalue weighted by Gasteiger charge is 2.56. The zero-order valence-electron chi connectivity index (χ0n) is 17.5. The molecule has 1 aromatic carbocycles. The van der Waals surface area contributed by atoms with Crippen molar-refractivity contribution in [2.45, 2.75) is 51.6 Å². The summed E-state index contributed by atoms with van der Waals surface area (Å²) in [5, 5.41) is 7.53. The first-order valence-corrected chi connectivity index (χ1v) is 10.5. The van der Waals surface area contributed by atoms with Gasteiger partial charge in [-0.15, -0.1) is 0 Å². The third kappa shape index (κ3) is 3.72. The summed E-state index contributed by atoms with van der Waals surface area (Å²) in [7, 11) is 0. The van der Waals surface area contributed by atoms with Crippen LogP contribution in [-0.4, -0.2) is 45.3 Å². The zero-order chi connectivity index (χ0) is 21.7. The molecule has 1 N–H and O–H groups in total. The summed E-state index contributed by atoms with van der Waals surface area (Å²) in [5.74, 6) is -0.893. The molecule has 1 saturated carbocycles. The Morgan fingerprint density at radius 3 is 2.50 bits per heavy atom. The van der Waals surface area contributed by atoms with Gasteiger partial charge in [0.05, 0.1) is 0 Å². The van der Waals surface area contributed by atoms with E-state index < -0.39 is 18.0 Å². The fourth-order valence-corrected chi connectivity index (χ4v) is 4.81. The molecule has 2 aliphatic rings. The second-order valence-electron chi connectivity index (χ2n) is 8.95. The molecular formula is C22H27F3N4O. The number of likely N-dealkylation sites (tertiary alicyclic amines) is 1. The number of piperidine rings is 1. The standard InChI is InChI=1S/C22H27F3N4O/c1-13-4-6-16(7-5-13)18-26-20(28-27-18)21(9-10-21)17-8-11-29(12-14(17)2)19(30)15(3)22(23,24)25/h4-7,14-15,17H,8-12H2,1-3H3,(H,26,27,28)/t14?,15-,17?/m0/s1. The van der Waals surface area contributed by atoms with Crippen molar-refractivity contribution in [3.63, 3.8) is 0 Å². The van der Waals surface area contributed by atoms with Crippen LogP contribution < -0.4 is 0 Å². The Hall–Kier alpha value is -2.38. The Kier molecular flexibility index (Phi) is 5.14. The summed E-state index contributed by atoms with van der Waals surface area (Å²) in [6.07, 6.45) is -1.85. The normalized spacial score (nSPS) is 24.5. The second-order valence-corrected chi connectivity index (χ2v) is 8.95. The molecule has 3 atom stereocenters. The van der Waals surface area contributed by atoms with Crippen LogP contribution in [0, 0.1) is 24.7 Å². The van der Waals surface area contributed by atoms with Crippen LogP contribution in [0.15, 0.2) is 24.3 Å². The van der Waals surface area contributed by atoms with Crippen LogP contribution in [0.25, 0.3) is 11.4 Å². The number of hydrogen-bond donors (Lipinski definition) is 1. The molecule has 162 valence electrons. The molecule has 1 aliphatic carbocycles. The third-order valence-electron chi connectivity index (χ3n) is 6.84. The fraction of sp³-hybridized carbons (Fsp3) is 0.591. The first kappa shape index (κ1) is 20.9. The Balaban J connectivity index is 1.48. The number of rotatable bonds is 4. The van der Waals surface area contributed by atoms with Crippen molar-refractivity contribution in [3.8, 4) is 11.4 Å². The van der Waals surface area contributed by atoms with Crippen molar-refractivity contribution in [3.05, 3.63) is 35.7 Å². The van der Waals surface area contributed by atoms with Crippen LogP contribution in [0.2, 0.25) is 0 Å². The van der Waals surface area contributed by atoms with Gasteiger partial charge in [-0.25, -0.2) is 4.98 Å². The number of benzene rings is 1. The molecule has 2 heterocycles. The van der Waals surface area contributed by atoms with Crippen LogP contribution in [0.1, 0.15) is 44.5 Å². The topological polar surface area (TPSA) is 61.9 Å². The number of nitrogens with zero attached hydrogens (tertiary/aromatic N) is 3. The average molecular weight is 420 g/mol. The van der Waals surface area contributed by atoms with Crippen LogP contribution >= 0.6 is 0 Å². The molecule has 8 heteroatoms. The van der Waals surface area contributed by atoms with Crippen molar-refractivity contribution >= 4 is 5.91 Å². The van der Waals surface area contributed by atoms with E-state index in [1.807, 2.05) is 38.1 Å². The van der Waals surface area contributed by atoms with E-state index in [4.69, 9.17) is 4.98 Å². The molecule has 2 fully saturated rings. The number of hydrogen-bond acceptors (Lipinski definition) is 3. The first-order valence-electron chi connectivity index (χ1n) is 10.5. The summed E-state index contributed by atoms with van der Waals surface area (Å²) < 4.78 is 38.8. The Morgan fingerprint density at radius 1 is 1.27 bits per heavy atom. The molecule has 1 aliphatic heterocycles. The predicted octanol–water partition coefficient (Wildman–Crippen LogP) is 4.49. The molecule has 4 rings (SSSR count). The van der Waals surface area contributed by atoms with E-state index in [-0.39, 0.29) is 17.3 Å². The lowest BCUT2D eigenvalue weighted by molar-refractivity contribution is -0.187. The van der Waals surface area contributed by atoms with E-state index in [1.165, 1.54) is 10.5 Å². The van der Waals surface area contributed by atoms with Gasteiger partial charge in [0.15, 0.2) is 5.82 Å². The highest BCUT2D eigenvalue weighted by Crippen LogP contribution is 2.57. The summed E-state index contributed by atoms with van der Waals surface area (Å²) >= 11 is 0. The minimum absolute atomic E-state index is 0.0959. The molecule has 5 nitrogen and oxygen atoms in total. The highest BCUT2D eigenvalue weighted by molar-refractivity contribution is 5.79. The number of carbonyl (C=O) groups is 1. The second kappa shape index (κ2) is 7.39. The molecule has 2 aromatic rings. The van der Waals surface area contributed by atoms with Crippen LogP contribution in [-0.2, 0) is 10.2 Å². The van der Waals surface area contributed by atoms with E-state index in [0.717, 1.165) is 31.2 Å². The van der Waals surface area contributed by atoms with Gasteiger partial charge >= 0.3 is 6.18 Å². The number of H-pyrrole nitrogens is 1. The van der Waals surface area contributed by atoms with E-state index >= 15 is 0 Å². The molecule has 0 bridgehead atoms. The summed E-state index contributed by atoms with van der Waals surface area (Å²) in [4.78, 5) is 18.4. The minimum atomic E-state index is -4.50. The zero-order valence-corrected chi connectivity index (χ0v) is 17.5. The van der Waals surface area contributed by atoms with Gasteiger partial charge in [0.2, 0.25) is 5.91 Å². The number of aromatic nitrogens is 3. The number of alkyl halides is 3. The predicted molar refractivity (Wildman–Crippen MR) is 107 cm³/mol. The summed E-state index contributed by atoms with van der Waals surface area (Å²) in [5.41, 5.74) is 2.01. The smallest absolute Gasteiger partial charge is 0.342 e. The number of halogens is 3. The molecule has 1 amide bonds. The van der Waals surface area contributed by atoms with Crippen molar-refractivity contribution in [1.82, 2.24) is 20.1 Å². The Morgan fingerprint density at radius 2 is 1.93 bits per heavy atom. The van der Waals surface area contributed by atoms with Gasteiger partial charge in [0, 0.05) is 24.1 Å². The lowest BCUT2D eigenvalue weighted by atomic mass is 9.74. The maximum atomic E-state index is 12.9. The fourth-order valence-electron chi connectivity index (χ4n) is 4.81. The van der Waals surface area contributed by atoms with Crippen LogP contribution in [0.3, 0.4) is 0 Å². The summed E-state index contributed by atoms with van der Waals surface area (Å²) in [6, 6.07) is 8.04. The number of carbonyl (C=O) groups excluding carboxylic acids is 1. The van der Waals surface area contributed by atoms with Gasteiger partial charge < -0.3 is 4.90 Å². The van der Waals surface area contributed by atoms with Gasteiger partial charge in [0.1, 0.15) is 11.7 Å². The van der Waals surface area contributed by atoms with Gasteiger partial charge in [0.25, 0.3) is 0 Å². The van der Waals surface area contributed by atoms with Crippen LogP contribution in [0.4, 0.5) is 13.2 Å². The van der Waals surface area contributed by atoms with Gasteiger partial charge in [-0.1, -0.05) is 36.8 Å². The van der Waals surface area contributed by atoms with Gasteiger partial charge in [-0.3, -0.25) is 9.89 Å².